The van der Waals surface area contributed by atoms with Crippen LogP contribution in [0.5, 0.6) is 0 Å². The molecule has 0 saturated carbocycles. The maximum Gasteiger partial charge on any atom is 0.191 e. The SMILES string of the molecule is CCNC(=NCc1sc(C)nc1C)NCCc1c[nH]c2c(C)cccc12.I. The van der Waals surface area contributed by atoms with Gasteiger partial charge in [0.1, 0.15) is 0 Å². The summed E-state index contributed by atoms with van der Waals surface area (Å²) in [5.41, 5.74) is 4.94. The van der Waals surface area contributed by atoms with Crippen LogP contribution in [-0.4, -0.2) is 29.0 Å². The van der Waals surface area contributed by atoms with E-state index in [4.69, 9.17) is 4.99 Å². The molecule has 3 rings (SSSR count). The van der Waals surface area contributed by atoms with Crippen LogP contribution in [0, 0.1) is 20.8 Å². The zero-order chi connectivity index (χ0) is 18.5. The highest BCUT2D eigenvalue weighted by atomic mass is 127. The van der Waals surface area contributed by atoms with Gasteiger partial charge in [-0.2, -0.15) is 0 Å². The van der Waals surface area contributed by atoms with Crippen LogP contribution in [0.3, 0.4) is 0 Å². The summed E-state index contributed by atoms with van der Waals surface area (Å²) in [5.74, 6) is 0.856. The van der Waals surface area contributed by atoms with Crippen molar-refractivity contribution >= 4 is 52.2 Å². The Labute approximate surface area is 182 Å². The molecule has 7 heteroatoms. The molecule has 0 unspecified atom stereocenters. The molecule has 0 radical (unpaired) electrons. The predicted octanol–water partition coefficient (Wildman–Crippen LogP) is 4.47. The third-order valence-electron chi connectivity index (χ3n) is 4.42. The number of benzene rings is 1. The second-order valence-electron chi connectivity index (χ2n) is 6.42. The number of nitrogens with zero attached hydrogens (tertiary/aromatic N) is 2. The van der Waals surface area contributed by atoms with Gasteiger partial charge in [-0.15, -0.1) is 35.3 Å². The summed E-state index contributed by atoms with van der Waals surface area (Å²) >= 11 is 1.72. The number of fused-ring (bicyclic) bond motifs is 1. The van der Waals surface area contributed by atoms with Gasteiger partial charge in [0.05, 0.1) is 17.2 Å². The number of H-pyrrole nitrogens is 1. The average molecular weight is 497 g/mol. The number of rotatable bonds is 6. The highest BCUT2D eigenvalue weighted by Gasteiger charge is 2.07. The van der Waals surface area contributed by atoms with Crippen molar-refractivity contribution in [2.75, 3.05) is 13.1 Å². The van der Waals surface area contributed by atoms with Gasteiger partial charge in [0.25, 0.3) is 0 Å². The van der Waals surface area contributed by atoms with Crippen LogP contribution in [0.1, 0.15) is 33.6 Å². The van der Waals surface area contributed by atoms with Gasteiger partial charge in [-0.25, -0.2) is 9.98 Å². The first-order valence-electron chi connectivity index (χ1n) is 9.09. The molecule has 5 nitrogen and oxygen atoms in total. The summed E-state index contributed by atoms with van der Waals surface area (Å²) in [5, 5.41) is 9.17. The molecule has 3 aromatic rings. The van der Waals surface area contributed by atoms with Gasteiger partial charge in [0, 0.05) is 35.1 Å². The molecule has 0 saturated heterocycles. The third kappa shape index (κ3) is 5.44. The van der Waals surface area contributed by atoms with Crippen LogP contribution < -0.4 is 10.6 Å². The van der Waals surface area contributed by atoms with Crippen molar-refractivity contribution in [2.24, 2.45) is 4.99 Å². The lowest BCUT2D eigenvalue weighted by atomic mass is 10.1. The van der Waals surface area contributed by atoms with E-state index >= 15 is 0 Å². The summed E-state index contributed by atoms with van der Waals surface area (Å²) in [7, 11) is 0. The van der Waals surface area contributed by atoms with E-state index in [0.717, 1.165) is 36.2 Å². The maximum atomic E-state index is 4.71. The number of halogens is 1. The number of thiazole rings is 1. The van der Waals surface area contributed by atoms with Gasteiger partial charge in [-0.1, -0.05) is 18.2 Å². The highest BCUT2D eigenvalue weighted by Crippen LogP contribution is 2.21. The van der Waals surface area contributed by atoms with E-state index in [-0.39, 0.29) is 24.0 Å². The van der Waals surface area contributed by atoms with E-state index in [1.807, 2.05) is 13.8 Å². The number of hydrogen-bond acceptors (Lipinski definition) is 3. The van der Waals surface area contributed by atoms with Gasteiger partial charge in [0.15, 0.2) is 5.96 Å². The number of aromatic nitrogens is 2. The summed E-state index contributed by atoms with van der Waals surface area (Å²) in [6.07, 6.45) is 3.07. The molecule has 0 aliphatic heterocycles. The van der Waals surface area contributed by atoms with Crippen molar-refractivity contribution in [3.8, 4) is 0 Å². The van der Waals surface area contributed by atoms with Gasteiger partial charge in [-0.05, 0) is 45.2 Å². The fraction of sp³-hybridized carbons (Fsp3) is 0.400. The van der Waals surface area contributed by atoms with Crippen molar-refractivity contribution in [3.63, 3.8) is 0 Å². The topological polar surface area (TPSA) is 65.1 Å². The highest BCUT2D eigenvalue weighted by molar-refractivity contribution is 14.0. The smallest absolute Gasteiger partial charge is 0.191 e. The molecule has 0 spiro atoms. The number of guanidine groups is 1. The molecule has 2 aromatic heterocycles. The molecule has 0 fully saturated rings. The predicted molar refractivity (Wildman–Crippen MR) is 127 cm³/mol. The maximum absolute atomic E-state index is 4.71. The van der Waals surface area contributed by atoms with E-state index in [1.54, 1.807) is 11.3 Å². The van der Waals surface area contributed by atoms with Crippen LogP contribution >= 0.6 is 35.3 Å². The Kier molecular flexibility index (Phi) is 8.09. The Bertz CT molecular complexity index is 912. The Morgan fingerprint density at radius 2 is 2.04 bits per heavy atom. The first-order chi connectivity index (χ1) is 12.6. The molecule has 0 atom stereocenters. The Morgan fingerprint density at radius 3 is 2.74 bits per heavy atom. The van der Waals surface area contributed by atoms with Crippen molar-refractivity contribution < 1.29 is 0 Å². The van der Waals surface area contributed by atoms with Crippen molar-refractivity contribution in [1.29, 1.82) is 0 Å². The van der Waals surface area contributed by atoms with Crippen LogP contribution in [0.2, 0.25) is 0 Å². The van der Waals surface area contributed by atoms with Gasteiger partial charge < -0.3 is 15.6 Å². The Balaban J connectivity index is 0.00000261. The number of para-hydroxylation sites is 1. The van der Waals surface area contributed by atoms with Crippen LogP contribution in [0.25, 0.3) is 10.9 Å². The van der Waals surface area contributed by atoms with Gasteiger partial charge >= 0.3 is 0 Å². The first kappa shape index (κ1) is 21.7. The van der Waals surface area contributed by atoms with Crippen molar-refractivity contribution in [3.05, 3.63) is 51.1 Å². The zero-order valence-corrected chi connectivity index (χ0v) is 19.5. The standard InChI is InChI=1S/C20H27N5S.HI/c1-5-21-20(24-12-18-14(3)25-15(4)26-18)22-10-9-16-11-23-19-13(2)7-6-8-17(16)19;/h6-8,11,23H,5,9-10,12H2,1-4H3,(H2,21,22,24);1H. The van der Waals surface area contributed by atoms with E-state index in [2.05, 4.69) is 58.8 Å². The van der Waals surface area contributed by atoms with Crippen molar-refractivity contribution in [1.82, 2.24) is 20.6 Å². The lowest BCUT2D eigenvalue weighted by Crippen LogP contribution is -2.38. The molecule has 0 bridgehead atoms. The number of aryl methyl sites for hydroxylation is 3. The Hall–Kier alpha value is -1.61. The fourth-order valence-corrected chi connectivity index (χ4v) is 3.96. The first-order valence-corrected chi connectivity index (χ1v) is 9.90. The fourth-order valence-electron chi connectivity index (χ4n) is 3.10. The molecule has 3 N–H and O–H groups in total. The van der Waals surface area contributed by atoms with E-state index in [0.29, 0.717) is 6.54 Å². The molecular formula is C20H28IN5S. The van der Waals surface area contributed by atoms with E-state index < -0.39 is 0 Å². The largest absolute Gasteiger partial charge is 0.361 e. The quantitative estimate of drug-likeness (QED) is 0.268. The minimum absolute atomic E-state index is 0. The third-order valence-corrected chi connectivity index (χ3v) is 5.48. The molecule has 2 heterocycles. The molecule has 0 aliphatic carbocycles. The number of hydrogen-bond donors (Lipinski definition) is 3. The molecular weight excluding hydrogens is 469 g/mol. The summed E-state index contributed by atoms with van der Waals surface area (Å²) in [6.45, 7) is 10.7. The Morgan fingerprint density at radius 1 is 1.22 bits per heavy atom. The number of nitrogens with one attached hydrogen (secondary N) is 3. The molecule has 0 amide bonds. The normalized spacial score (nSPS) is 11.5. The lowest BCUT2D eigenvalue weighted by Gasteiger charge is -2.11. The second kappa shape index (κ2) is 10.1. The second-order valence-corrected chi connectivity index (χ2v) is 7.71. The molecule has 0 aliphatic rings. The van der Waals surface area contributed by atoms with Crippen LogP contribution in [0.4, 0.5) is 0 Å². The molecule has 1 aromatic carbocycles. The van der Waals surface area contributed by atoms with Crippen molar-refractivity contribution in [2.45, 2.75) is 40.7 Å². The zero-order valence-electron chi connectivity index (χ0n) is 16.3. The van der Waals surface area contributed by atoms with Gasteiger partial charge in [-0.3, -0.25) is 0 Å². The summed E-state index contributed by atoms with van der Waals surface area (Å²) < 4.78 is 0. The average Bonchev–Trinajstić information content (AvgIpc) is 3.16. The summed E-state index contributed by atoms with van der Waals surface area (Å²) in [6, 6.07) is 6.44. The minimum Gasteiger partial charge on any atom is -0.361 e. The number of aliphatic imine (C=N–C) groups is 1. The molecule has 146 valence electrons. The van der Waals surface area contributed by atoms with E-state index in [1.165, 1.54) is 26.9 Å². The minimum atomic E-state index is 0. The molecule has 27 heavy (non-hydrogen) atoms. The van der Waals surface area contributed by atoms with Gasteiger partial charge in [0.2, 0.25) is 0 Å². The summed E-state index contributed by atoms with van der Waals surface area (Å²) in [4.78, 5) is 13.8. The van der Waals surface area contributed by atoms with E-state index in [9.17, 15) is 0 Å². The van der Waals surface area contributed by atoms with Crippen LogP contribution in [0.15, 0.2) is 29.4 Å². The van der Waals surface area contributed by atoms with Crippen LogP contribution in [-0.2, 0) is 13.0 Å². The number of aromatic amines is 1. The monoisotopic (exact) mass is 497 g/mol. The lowest BCUT2D eigenvalue weighted by molar-refractivity contribution is 0.802.